The molecule has 0 rings (SSSR count). The van der Waals surface area contributed by atoms with Crippen molar-refractivity contribution in [2.75, 3.05) is 6.61 Å². The van der Waals surface area contributed by atoms with Crippen LogP contribution in [0.2, 0.25) is 0 Å². The van der Waals surface area contributed by atoms with Crippen molar-refractivity contribution in [1.29, 1.82) is 0 Å². The molecule has 0 aliphatic carbocycles. The second kappa shape index (κ2) is 50.4. The van der Waals surface area contributed by atoms with Crippen LogP contribution >= 0.6 is 0 Å². The van der Waals surface area contributed by atoms with Crippen LogP contribution in [0.25, 0.3) is 0 Å². The molecular formula is C55H101NO3. The minimum absolute atomic E-state index is 0.0419. The largest absolute Gasteiger partial charge is 0.394 e. The molecule has 0 radical (unpaired) electrons. The third-order valence-corrected chi connectivity index (χ3v) is 11.8. The minimum Gasteiger partial charge on any atom is -0.394 e. The molecule has 2 unspecified atom stereocenters. The van der Waals surface area contributed by atoms with Gasteiger partial charge in [-0.3, -0.25) is 4.79 Å². The number of unbranched alkanes of at least 4 members (excludes halogenated alkanes) is 30. The molecule has 0 saturated carbocycles. The predicted molar refractivity (Wildman–Crippen MR) is 262 cm³/mol. The molecule has 4 heteroatoms. The molecule has 2 atom stereocenters. The van der Waals surface area contributed by atoms with Crippen molar-refractivity contribution >= 4 is 5.91 Å². The molecule has 0 aromatic rings. The van der Waals surface area contributed by atoms with E-state index in [1.807, 2.05) is 0 Å². The Bertz CT molecular complexity index is 981. The van der Waals surface area contributed by atoms with E-state index >= 15 is 0 Å². The van der Waals surface area contributed by atoms with E-state index in [1.54, 1.807) is 0 Å². The number of carbonyl (C=O) groups excluding carboxylic acids is 1. The Morgan fingerprint density at radius 3 is 1.12 bits per heavy atom. The summed E-state index contributed by atoms with van der Waals surface area (Å²) in [6.45, 7) is 4.26. The van der Waals surface area contributed by atoms with E-state index in [2.05, 4.69) is 79.9 Å². The fourth-order valence-corrected chi connectivity index (χ4v) is 7.86. The Morgan fingerprint density at radius 2 is 0.746 bits per heavy atom. The number of aliphatic hydroxyl groups excluding tert-OH is 2. The molecule has 0 spiro atoms. The fraction of sp³-hybridized carbons (Fsp3) is 0.800. The van der Waals surface area contributed by atoms with Gasteiger partial charge < -0.3 is 15.5 Å². The topological polar surface area (TPSA) is 69.6 Å². The number of rotatable bonds is 47. The van der Waals surface area contributed by atoms with Crippen molar-refractivity contribution in [2.24, 2.45) is 0 Å². The smallest absolute Gasteiger partial charge is 0.220 e. The van der Waals surface area contributed by atoms with Gasteiger partial charge in [-0.15, -0.1) is 0 Å². The fourth-order valence-electron chi connectivity index (χ4n) is 7.86. The molecular weight excluding hydrogens is 723 g/mol. The molecule has 0 fully saturated rings. The number of nitrogens with one attached hydrogen (secondary N) is 1. The normalized spacial score (nSPS) is 13.4. The third-order valence-electron chi connectivity index (χ3n) is 11.8. The summed E-state index contributed by atoms with van der Waals surface area (Å²) in [6.07, 6.45) is 70.4. The number of hydrogen-bond donors (Lipinski definition) is 3. The molecule has 0 aliphatic heterocycles. The lowest BCUT2D eigenvalue weighted by atomic mass is 10.0. The standard InChI is InChI=1S/C55H101NO3/c1-3-5-7-9-11-13-15-17-19-21-23-25-27-29-30-32-34-36-38-40-42-44-46-48-50-54(58)53(52-57)56-55(59)51-49-47-45-43-41-39-37-35-33-31-28-26-24-22-20-18-16-14-12-10-8-6-4-2/h6,8,12,14,18,20,24,26,31,33,53-54,57-58H,3-5,7,9-11,13,15-17,19,21-23,25,27-30,32,34-52H2,1-2H3,(H,56,59)/b8-6-,14-12-,20-18-,26-24-,33-31-. The molecule has 4 nitrogen and oxygen atoms in total. The van der Waals surface area contributed by atoms with Gasteiger partial charge in [-0.05, 0) is 57.8 Å². The summed E-state index contributed by atoms with van der Waals surface area (Å²) in [5.74, 6) is -0.0419. The number of allylic oxidation sites excluding steroid dienone is 10. The molecule has 344 valence electrons. The maximum atomic E-state index is 12.5. The van der Waals surface area contributed by atoms with Crippen molar-refractivity contribution in [3.05, 3.63) is 60.8 Å². The van der Waals surface area contributed by atoms with Crippen LogP contribution in [0.3, 0.4) is 0 Å². The van der Waals surface area contributed by atoms with E-state index < -0.39 is 12.1 Å². The van der Waals surface area contributed by atoms with Crippen molar-refractivity contribution in [3.8, 4) is 0 Å². The van der Waals surface area contributed by atoms with Gasteiger partial charge in [0.2, 0.25) is 5.91 Å². The lowest BCUT2D eigenvalue weighted by molar-refractivity contribution is -0.123. The van der Waals surface area contributed by atoms with Gasteiger partial charge in [0.1, 0.15) is 0 Å². The van der Waals surface area contributed by atoms with Gasteiger partial charge in [-0.1, -0.05) is 261 Å². The quantitative estimate of drug-likeness (QED) is 0.0423. The van der Waals surface area contributed by atoms with E-state index in [4.69, 9.17) is 0 Å². The van der Waals surface area contributed by atoms with Crippen molar-refractivity contribution in [2.45, 2.75) is 276 Å². The van der Waals surface area contributed by atoms with Crippen molar-refractivity contribution in [3.63, 3.8) is 0 Å². The second-order valence-corrected chi connectivity index (χ2v) is 17.6. The number of hydrogen-bond acceptors (Lipinski definition) is 3. The van der Waals surface area contributed by atoms with E-state index in [-0.39, 0.29) is 12.5 Å². The summed E-state index contributed by atoms with van der Waals surface area (Å²) in [5.41, 5.74) is 0. The summed E-state index contributed by atoms with van der Waals surface area (Å²) in [5, 5.41) is 23.3. The zero-order valence-electron chi connectivity index (χ0n) is 39.5. The molecule has 0 heterocycles. The van der Waals surface area contributed by atoms with E-state index in [0.717, 1.165) is 64.2 Å². The lowest BCUT2D eigenvalue weighted by Crippen LogP contribution is -2.45. The first-order valence-electron chi connectivity index (χ1n) is 26.0. The average molecular weight is 824 g/mol. The van der Waals surface area contributed by atoms with Gasteiger partial charge in [-0.2, -0.15) is 0 Å². The molecule has 0 saturated heterocycles. The van der Waals surface area contributed by atoms with Crippen LogP contribution in [0.4, 0.5) is 0 Å². The maximum Gasteiger partial charge on any atom is 0.220 e. The first-order valence-corrected chi connectivity index (χ1v) is 26.0. The summed E-state index contributed by atoms with van der Waals surface area (Å²) in [6, 6.07) is -0.546. The van der Waals surface area contributed by atoms with Crippen LogP contribution in [0.5, 0.6) is 0 Å². The first kappa shape index (κ1) is 57.1. The summed E-state index contributed by atoms with van der Waals surface area (Å²) >= 11 is 0. The number of carbonyl (C=O) groups is 1. The first-order chi connectivity index (χ1) is 29.2. The SMILES string of the molecule is CC/C=C\C/C=C\C/C=C\C/C=C\C/C=C\CCCCCCCCCC(=O)NC(CO)C(O)CCCCCCCCCCCCCCCCCCCCCCCCCC. The highest BCUT2D eigenvalue weighted by Crippen LogP contribution is 2.17. The van der Waals surface area contributed by atoms with Crippen LogP contribution in [0.1, 0.15) is 264 Å². The molecule has 1 amide bonds. The lowest BCUT2D eigenvalue weighted by Gasteiger charge is -2.22. The summed E-state index contributed by atoms with van der Waals surface area (Å²) in [4.78, 5) is 12.5. The van der Waals surface area contributed by atoms with Crippen LogP contribution < -0.4 is 5.32 Å². The highest BCUT2D eigenvalue weighted by atomic mass is 16.3. The third kappa shape index (κ3) is 47.0. The molecule has 0 bridgehead atoms. The molecule has 0 aromatic heterocycles. The van der Waals surface area contributed by atoms with Gasteiger partial charge >= 0.3 is 0 Å². The monoisotopic (exact) mass is 824 g/mol. The van der Waals surface area contributed by atoms with Crippen molar-refractivity contribution < 1.29 is 15.0 Å². The Kier molecular flexibility index (Phi) is 48.8. The summed E-state index contributed by atoms with van der Waals surface area (Å²) in [7, 11) is 0. The molecule has 59 heavy (non-hydrogen) atoms. The molecule has 3 N–H and O–H groups in total. The second-order valence-electron chi connectivity index (χ2n) is 17.6. The van der Waals surface area contributed by atoms with E-state index in [1.165, 1.54) is 173 Å². The van der Waals surface area contributed by atoms with Crippen LogP contribution in [0, 0.1) is 0 Å². The van der Waals surface area contributed by atoms with E-state index in [9.17, 15) is 15.0 Å². The van der Waals surface area contributed by atoms with Gasteiger partial charge in [0.25, 0.3) is 0 Å². The van der Waals surface area contributed by atoms with Gasteiger partial charge in [0.15, 0.2) is 0 Å². The Hall–Kier alpha value is -1.91. The number of amides is 1. The van der Waals surface area contributed by atoms with Gasteiger partial charge in [0, 0.05) is 6.42 Å². The van der Waals surface area contributed by atoms with Gasteiger partial charge in [0.05, 0.1) is 18.8 Å². The van der Waals surface area contributed by atoms with Gasteiger partial charge in [-0.25, -0.2) is 0 Å². The number of aliphatic hydroxyl groups is 2. The highest BCUT2D eigenvalue weighted by molar-refractivity contribution is 5.76. The maximum absolute atomic E-state index is 12.5. The van der Waals surface area contributed by atoms with Crippen LogP contribution in [-0.2, 0) is 4.79 Å². The molecule has 0 aromatic carbocycles. The highest BCUT2D eigenvalue weighted by Gasteiger charge is 2.20. The van der Waals surface area contributed by atoms with Crippen LogP contribution in [0.15, 0.2) is 60.8 Å². The average Bonchev–Trinajstić information content (AvgIpc) is 3.24. The molecule has 0 aliphatic rings. The Labute approximate surface area is 368 Å². The zero-order valence-corrected chi connectivity index (χ0v) is 39.5. The van der Waals surface area contributed by atoms with E-state index in [0.29, 0.717) is 12.8 Å². The predicted octanol–water partition coefficient (Wildman–Crippen LogP) is 16.9. The summed E-state index contributed by atoms with van der Waals surface area (Å²) < 4.78 is 0. The van der Waals surface area contributed by atoms with Crippen LogP contribution in [-0.4, -0.2) is 34.9 Å². The Balaban J connectivity index is 3.52. The van der Waals surface area contributed by atoms with Crippen molar-refractivity contribution in [1.82, 2.24) is 5.32 Å². The minimum atomic E-state index is -0.668. The Morgan fingerprint density at radius 1 is 0.424 bits per heavy atom. The zero-order chi connectivity index (χ0) is 42.8.